The molecule has 9 nitrogen and oxygen atoms in total. The van der Waals surface area contributed by atoms with Gasteiger partial charge in [0.2, 0.25) is 9.84 Å². The van der Waals surface area contributed by atoms with E-state index in [0.717, 1.165) is 17.7 Å². The van der Waals surface area contributed by atoms with E-state index in [4.69, 9.17) is 4.74 Å². The predicted molar refractivity (Wildman–Crippen MR) is 148 cm³/mol. The fraction of sp³-hybridized carbons (Fsp3) is 0.345. The normalized spacial score (nSPS) is 18.3. The van der Waals surface area contributed by atoms with Crippen LogP contribution in [0.1, 0.15) is 54.4 Å². The summed E-state index contributed by atoms with van der Waals surface area (Å²) in [6.07, 6.45) is 4.51. The molecule has 0 saturated heterocycles. The van der Waals surface area contributed by atoms with E-state index < -0.39 is 15.8 Å². The molecule has 2 aromatic carbocycles. The standard InChI is InChI=1S/C29H32N4O5S/c1-5-38-29(35)21-7-10-24-27(17-21)39(36,37)26-11-8-20(16-25(26)33(24)4)23(15-19-6-9-22(34)14-19)18(2)30-28-12-13-32(3)31-28/h7-8,10-13,16-17,19,23H,2,5-6,9,14-15H2,1,3-4H3,(H,30,31). The SMILES string of the molecule is C=C(Nc1ccn(C)n1)C(CC1CCC(=O)C1)c1ccc2c(c1)N(C)c1ccc(C(=O)OCC)cc1S2(=O)=O. The molecule has 0 amide bonds. The van der Waals surface area contributed by atoms with Crippen molar-refractivity contribution in [1.29, 1.82) is 0 Å². The van der Waals surface area contributed by atoms with E-state index in [9.17, 15) is 18.0 Å². The summed E-state index contributed by atoms with van der Waals surface area (Å²) in [4.78, 5) is 26.3. The van der Waals surface area contributed by atoms with Crippen molar-refractivity contribution >= 4 is 38.8 Å². The van der Waals surface area contributed by atoms with Crippen LogP contribution in [0.15, 0.2) is 70.7 Å². The molecule has 0 radical (unpaired) electrons. The number of carbonyl (C=O) groups excluding carboxylic acids is 2. The maximum Gasteiger partial charge on any atom is 0.338 e. The second-order valence-electron chi connectivity index (χ2n) is 10.2. The molecule has 10 heteroatoms. The Kier molecular flexibility index (Phi) is 7.07. The number of Topliss-reactive ketones (excluding diaryl/α,β-unsaturated/α-hetero) is 1. The number of anilines is 3. The summed E-state index contributed by atoms with van der Waals surface area (Å²) in [6.45, 7) is 6.21. The van der Waals surface area contributed by atoms with E-state index >= 15 is 0 Å². The molecular weight excluding hydrogens is 516 g/mol. The molecule has 3 aromatic rings. The number of allylic oxidation sites excluding steroid dienone is 1. The Morgan fingerprint density at radius 3 is 2.62 bits per heavy atom. The minimum Gasteiger partial charge on any atom is -0.462 e. The molecule has 1 aliphatic carbocycles. The Hall–Kier alpha value is -3.92. The van der Waals surface area contributed by atoms with Gasteiger partial charge in [-0.2, -0.15) is 5.10 Å². The maximum atomic E-state index is 13.7. The van der Waals surface area contributed by atoms with E-state index in [0.29, 0.717) is 36.5 Å². The highest BCUT2D eigenvalue weighted by Gasteiger charge is 2.35. The predicted octanol–water partition coefficient (Wildman–Crippen LogP) is 4.98. The first kappa shape index (κ1) is 26.7. The van der Waals surface area contributed by atoms with Crippen molar-refractivity contribution in [3.8, 4) is 0 Å². The van der Waals surface area contributed by atoms with Crippen LogP contribution in [0.2, 0.25) is 0 Å². The largest absolute Gasteiger partial charge is 0.462 e. The van der Waals surface area contributed by atoms with E-state index in [1.807, 2.05) is 43.4 Å². The molecule has 0 spiro atoms. The number of aromatic nitrogens is 2. The van der Waals surface area contributed by atoms with Crippen LogP contribution in [-0.4, -0.2) is 43.6 Å². The van der Waals surface area contributed by atoms with Crippen molar-refractivity contribution in [3.05, 3.63) is 72.1 Å². The lowest BCUT2D eigenvalue weighted by atomic mass is 9.85. The summed E-state index contributed by atoms with van der Waals surface area (Å²) in [5.74, 6) is 0.434. The molecule has 1 aromatic heterocycles. The number of hydrogen-bond acceptors (Lipinski definition) is 8. The molecule has 1 saturated carbocycles. The van der Waals surface area contributed by atoms with Crippen LogP contribution in [0.25, 0.3) is 0 Å². The smallest absolute Gasteiger partial charge is 0.338 e. The Balaban J connectivity index is 1.52. The number of ketones is 1. The van der Waals surface area contributed by atoms with Gasteiger partial charge in [0.05, 0.1) is 33.3 Å². The van der Waals surface area contributed by atoms with Crippen LogP contribution in [0.3, 0.4) is 0 Å². The van der Waals surface area contributed by atoms with Gasteiger partial charge in [0.25, 0.3) is 0 Å². The maximum absolute atomic E-state index is 13.7. The zero-order valence-corrected chi connectivity index (χ0v) is 23.1. The minimum atomic E-state index is -3.89. The molecule has 1 N–H and O–H groups in total. The number of nitrogens with zero attached hydrogens (tertiary/aromatic N) is 3. The van der Waals surface area contributed by atoms with Gasteiger partial charge in [0, 0.05) is 50.8 Å². The summed E-state index contributed by atoms with van der Waals surface area (Å²) in [5.41, 5.74) is 2.85. The Morgan fingerprint density at radius 1 is 1.15 bits per heavy atom. The number of sulfone groups is 1. The lowest BCUT2D eigenvalue weighted by Crippen LogP contribution is -2.23. The number of hydrogen-bond donors (Lipinski definition) is 1. The van der Waals surface area contributed by atoms with Crippen molar-refractivity contribution in [2.45, 2.75) is 48.3 Å². The van der Waals surface area contributed by atoms with Gasteiger partial charge in [-0.1, -0.05) is 12.6 Å². The van der Waals surface area contributed by atoms with Crippen LogP contribution in [-0.2, 0) is 26.4 Å². The Bertz CT molecular complexity index is 1580. The lowest BCUT2D eigenvalue weighted by Gasteiger charge is -2.32. The summed E-state index contributed by atoms with van der Waals surface area (Å²) >= 11 is 0. The topological polar surface area (TPSA) is 111 Å². The molecular formula is C29H32N4O5S. The number of carbonyl (C=O) groups is 2. The molecule has 0 bridgehead atoms. The molecule has 2 unspecified atom stereocenters. The summed E-state index contributed by atoms with van der Waals surface area (Å²) in [5, 5.41) is 7.71. The van der Waals surface area contributed by atoms with Gasteiger partial charge in [-0.05, 0) is 61.6 Å². The number of nitrogens with one attached hydrogen (secondary N) is 1. The van der Waals surface area contributed by atoms with Crippen molar-refractivity contribution in [3.63, 3.8) is 0 Å². The first-order valence-corrected chi connectivity index (χ1v) is 14.5. The van der Waals surface area contributed by atoms with Gasteiger partial charge in [-0.15, -0.1) is 0 Å². The number of fused-ring (bicyclic) bond motifs is 2. The van der Waals surface area contributed by atoms with Crippen LogP contribution >= 0.6 is 0 Å². The second kappa shape index (κ2) is 10.3. The molecule has 2 heterocycles. The monoisotopic (exact) mass is 548 g/mol. The van der Waals surface area contributed by atoms with E-state index in [-0.39, 0.29) is 39.6 Å². The molecule has 5 rings (SSSR count). The van der Waals surface area contributed by atoms with Crippen LogP contribution in [0.4, 0.5) is 17.2 Å². The second-order valence-corrected chi connectivity index (χ2v) is 12.0. The summed E-state index contributed by atoms with van der Waals surface area (Å²) in [7, 11) is -0.241. The van der Waals surface area contributed by atoms with Crippen LogP contribution in [0.5, 0.6) is 0 Å². The third-order valence-electron chi connectivity index (χ3n) is 7.50. The third-order valence-corrected chi connectivity index (χ3v) is 9.33. The first-order chi connectivity index (χ1) is 18.6. The number of rotatable bonds is 8. The average Bonchev–Trinajstić information content (AvgIpc) is 3.52. The average molecular weight is 549 g/mol. The number of benzene rings is 2. The van der Waals surface area contributed by atoms with Gasteiger partial charge in [-0.25, -0.2) is 13.2 Å². The highest BCUT2D eigenvalue weighted by molar-refractivity contribution is 7.92. The van der Waals surface area contributed by atoms with Crippen molar-refractivity contribution < 1.29 is 22.7 Å². The fourth-order valence-electron chi connectivity index (χ4n) is 5.48. The van der Waals surface area contributed by atoms with Gasteiger partial charge in [0.15, 0.2) is 5.82 Å². The molecule has 39 heavy (non-hydrogen) atoms. The van der Waals surface area contributed by atoms with Crippen molar-refractivity contribution in [2.75, 3.05) is 23.9 Å². The highest BCUT2D eigenvalue weighted by atomic mass is 32.2. The van der Waals surface area contributed by atoms with Crippen molar-refractivity contribution in [2.24, 2.45) is 13.0 Å². The molecule has 1 fully saturated rings. The quantitative estimate of drug-likeness (QED) is 0.393. The van der Waals surface area contributed by atoms with E-state index in [1.165, 1.54) is 6.07 Å². The minimum absolute atomic E-state index is 0.0676. The number of aryl methyl sites for hydroxylation is 1. The van der Waals surface area contributed by atoms with Gasteiger partial charge in [-0.3, -0.25) is 9.48 Å². The zero-order chi connectivity index (χ0) is 27.9. The Labute approximate surface area is 228 Å². The number of esters is 1. The third kappa shape index (κ3) is 5.08. The molecule has 2 aliphatic rings. The Morgan fingerprint density at radius 2 is 1.95 bits per heavy atom. The van der Waals surface area contributed by atoms with E-state index in [1.54, 1.807) is 29.8 Å². The van der Waals surface area contributed by atoms with Gasteiger partial charge >= 0.3 is 5.97 Å². The number of ether oxygens (including phenoxy) is 1. The van der Waals surface area contributed by atoms with Gasteiger partial charge in [0.1, 0.15) is 5.78 Å². The van der Waals surface area contributed by atoms with Crippen LogP contribution in [0, 0.1) is 5.92 Å². The van der Waals surface area contributed by atoms with Gasteiger partial charge < -0.3 is 15.0 Å². The van der Waals surface area contributed by atoms with Crippen LogP contribution < -0.4 is 10.2 Å². The lowest BCUT2D eigenvalue weighted by molar-refractivity contribution is -0.117. The molecule has 2 atom stereocenters. The first-order valence-electron chi connectivity index (χ1n) is 13.0. The fourth-order valence-corrected chi connectivity index (χ4v) is 7.19. The zero-order valence-electron chi connectivity index (χ0n) is 22.3. The van der Waals surface area contributed by atoms with Crippen molar-refractivity contribution in [1.82, 2.24) is 9.78 Å². The molecule has 1 aliphatic heterocycles. The van der Waals surface area contributed by atoms with E-state index in [2.05, 4.69) is 17.0 Å². The highest BCUT2D eigenvalue weighted by Crippen LogP contribution is 2.46. The summed E-state index contributed by atoms with van der Waals surface area (Å²) < 4.78 is 34.1. The summed E-state index contributed by atoms with van der Waals surface area (Å²) in [6, 6.07) is 11.8. The molecule has 204 valence electrons.